The average Bonchev–Trinajstić information content (AvgIpc) is 2.85. The van der Waals surface area contributed by atoms with Gasteiger partial charge in [-0.05, 0) is 31.4 Å². The van der Waals surface area contributed by atoms with Crippen molar-refractivity contribution in [1.82, 2.24) is 4.90 Å². The number of rotatable bonds is 6. The Morgan fingerprint density at radius 2 is 2.10 bits per heavy atom. The molecular formula is C15H20N2O4. The standard InChI is InChI=1S/C15H20N2O4/c1-11(2)21-7-3-4-15(18)16-9-12-5-6-14(17(19)20)8-13(12)10-16/h5-6,8,11H,3-4,7,9-10H2,1-2H3. The molecule has 1 heterocycles. The van der Waals surface area contributed by atoms with Crippen LogP contribution in [0.4, 0.5) is 5.69 Å². The summed E-state index contributed by atoms with van der Waals surface area (Å²) in [6.07, 6.45) is 1.32. The highest BCUT2D eigenvalue weighted by atomic mass is 16.6. The first kappa shape index (κ1) is 15.4. The fourth-order valence-corrected chi connectivity index (χ4v) is 2.37. The van der Waals surface area contributed by atoms with Crippen molar-refractivity contribution in [3.63, 3.8) is 0 Å². The second-order valence-electron chi connectivity index (χ2n) is 5.48. The lowest BCUT2D eigenvalue weighted by atomic mass is 10.1. The second kappa shape index (κ2) is 6.67. The Morgan fingerprint density at radius 3 is 2.76 bits per heavy atom. The van der Waals surface area contributed by atoms with Crippen molar-refractivity contribution in [2.45, 2.75) is 45.9 Å². The Labute approximate surface area is 123 Å². The number of hydrogen-bond donors (Lipinski definition) is 0. The molecule has 6 nitrogen and oxygen atoms in total. The van der Waals surface area contributed by atoms with Gasteiger partial charge in [0.05, 0.1) is 11.0 Å². The Kier molecular flexibility index (Phi) is 4.90. The van der Waals surface area contributed by atoms with E-state index in [2.05, 4.69) is 0 Å². The Morgan fingerprint density at radius 1 is 1.38 bits per heavy atom. The molecule has 6 heteroatoms. The summed E-state index contributed by atoms with van der Waals surface area (Å²) >= 11 is 0. The highest BCUT2D eigenvalue weighted by Crippen LogP contribution is 2.27. The van der Waals surface area contributed by atoms with Crippen molar-refractivity contribution in [3.05, 3.63) is 39.4 Å². The molecule has 1 aliphatic heterocycles. The van der Waals surface area contributed by atoms with Gasteiger partial charge >= 0.3 is 0 Å². The number of non-ortho nitro benzene ring substituents is 1. The molecule has 0 saturated carbocycles. The largest absolute Gasteiger partial charge is 0.379 e. The summed E-state index contributed by atoms with van der Waals surface area (Å²) in [6.45, 7) is 5.51. The van der Waals surface area contributed by atoms with Crippen molar-refractivity contribution in [2.24, 2.45) is 0 Å². The molecule has 0 saturated heterocycles. The first-order chi connectivity index (χ1) is 9.97. The molecule has 0 unspecified atom stereocenters. The zero-order chi connectivity index (χ0) is 15.4. The summed E-state index contributed by atoms with van der Waals surface area (Å²) in [4.78, 5) is 24.2. The van der Waals surface area contributed by atoms with Crippen LogP contribution in [-0.4, -0.2) is 28.4 Å². The van der Waals surface area contributed by atoms with Gasteiger partial charge in [-0.15, -0.1) is 0 Å². The minimum Gasteiger partial charge on any atom is -0.379 e. The maximum Gasteiger partial charge on any atom is 0.269 e. The zero-order valence-corrected chi connectivity index (χ0v) is 12.4. The van der Waals surface area contributed by atoms with E-state index < -0.39 is 4.92 Å². The monoisotopic (exact) mass is 292 g/mol. The van der Waals surface area contributed by atoms with E-state index in [1.54, 1.807) is 17.0 Å². The van der Waals surface area contributed by atoms with Gasteiger partial charge in [0.2, 0.25) is 5.91 Å². The van der Waals surface area contributed by atoms with Crippen molar-refractivity contribution < 1.29 is 14.5 Å². The van der Waals surface area contributed by atoms with Gasteiger partial charge in [0.15, 0.2) is 0 Å². The van der Waals surface area contributed by atoms with E-state index in [-0.39, 0.29) is 17.7 Å². The number of benzene rings is 1. The third-order valence-electron chi connectivity index (χ3n) is 3.46. The summed E-state index contributed by atoms with van der Waals surface area (Å²) in [5.41, 5.74) is 1.94. The van der Waals surface area contributed by atoms with Crippen LogP contribution in [0.3, 0.4) is 0 Å². The molecule has 1 aromatic rings. The molecule has 0 radical (unpaired) electrons. The number of ether oxygens (including phenoxy) is 1. The summed E-state index contributed by atoms with van der Waals surface area (Å²) in [5.74, 6) is 0.0706. The Balaban J connectivity index is 1.87. The molecule has 0 N–H and O–H groups in total. The predicted octanol–water partition coefficient (Wildman–Crippen LogP) is 2.64. The Bertz CT molecular complexity index is 542. The van der Waals surface area contributed by atoms with Gasteiger partial charge < -0.3 is 9.64 Å². The van der Waals surface area contributed by atoms with Crippen molar-refractivity contribution >= 4 is 11.6 Å². The third-order valence-corrected chi connectivity index (χ3v) is 3.46. The molecule has 1 aromatic carbocycles. The van der Waals surface area contributed by atoms with Crippen LogP contribution in [0.2, 0.25) is 0 Å². The number of amides is 1. The minimum atomic E-state index is -0.409. The van der Waals surface area contributed by atoms with E-state index in [0.717, 1.165) is 11.1 Å². The molecule has 114 valence electrons. The maximum absolute atomic E-state index is 12.1. The molecule has 0 bridgehead atoms. The molecule has 1 amide bonds. The molecule has 0 aliphatic carbocycles. The van der Waals surface area contributed by atoms with Crippen LogP contribution in [0.5, 0.6) is 0 Å². The Hall–Kier alpha value is -1.95. The van der Waals surface area contributed by atoms with E-state index in [9.17, 15) is 14.9 Å². The van der Waals surface area contributed by atoms with E-state index in [4.69, 9.17) is 4.74 Å². The molecule has 2 rings (SSSR count). The van der Waals surface area contributed by atoms with Crippen molar-refractivity contribution in [1.29, 1.82) is 0 Å². The summed E-state index contributed by atoms with van der Waals surface area (Å²) in [7, 11) is 0. The van der Waals surface area contributed by atoms with Gasteiger partial charge in [-0.2, -0.15) is 0 Å². The molecule has 1 aliphatic rings. The number of carbonyl (C=O) groups is 1. The predicted molar refractivity (Wildman–Crippen MR) is 77.7 cm³/mol. The van der Waals surface area contributed by atoms with Crippen molar-refractivity contribution in [3.8, 4) is 0 Å². The number of nitrogens with zero attached hydrogens (tertiary/aromatic N) is 2. The SMILES string of the molecule is CC(C)OCCCC(=O)N1Cc2ccc([N+](=O)[O-])cc2C1. The molecule has 0 aromatic heterocycles. The van der Waals surface area contributed by atoms with Gasteiger partial charge in [-0.1, -0.05) is 6.07 Å². The number of fused-ring (bicyclic) bond motifs is 1. The highest BCUT2D eigenvalue weighted by Gasteiger charge is 2.24. The molecule has 21 heavy (non-hydrogen) atoms. The highest BCUT2D eigenvalue weighted by molar-refractivity contribution is 5.77. The van der Waals surface area contributed by atoms with Gasteiger partial charge in [-0.3, -0.25) is 14.9 Å². The number of carbonyl (C=O) groups excluding carboxylic acids is 1. The first-order valence-corrected chi connectivity index (χ1v) is 7.13. The molecule has 0 fully saturated rings. The lowest BCUT2D eigenvalue weighted by Crippen LogP contribution is -2.25. The maximum atomic E-state index is 12.1. The number of nitro groups is 1. The van der Waals surface area contributed by atoms with Gasteiger partial charge in [0, 0.05) is 38.2 Å². The lowest BCUT2D eigenvalue weighted by Gasteiger charge is -2.15. The summed E-state index contributed by atoms with van der Waals surface area (Å²) in [5, 5.41) is 10.8. The fourth-order valence-electron chi connectivity index (χ4n) is 2.37. The molecule has 0 atom stereocenters. The van der Waals surface area contributed by atoms with E-state index >= 15 is 0 Å². The van der Waals surface area contributed by atoms with Crippen LogP contribution in [0.25, 0.3) is 0 Å². The van der Waals surface area contributed by atoms with E-state index in [1.807, 2.05) is 13.8 Å². The lowest BCUT2D eigenvalue weighted by molar-refractivity contribution is -0.384. The second-order valence-corrected chi connectivity index (χ2v) is 5.48. The summed E-state index contributed by atoms with van der Waals surface area (Å²) < 4.78 is 5.41. The topological polar surface area (TPSA) is 72.7 Å². The van der Waals surface area contributed by atoms with E-state index in [0.29, 0.717) is 32.5 Å². The first-order valence-electron chi connectivity index (χ1n) is 7.13. The average molecular weight is 292 g/mol. The van der Waals surface area contributed by atoms with Crippen LogP contribution in [-0.2, 0) is 22.6 Å². The zero-order valence-electron chi connectivity index (χ0n) is 12.4. The van der Waals surface area contributed by atoms with Crippen LogP contribution >= 0.6 is 0 Å². The third kappa shape index (κ3) is 4.01. The quantitative estimate of drug-likeness (QED) is 0.459. The number of nitro benzene ring substituents is 1. The molecule has 0 spiro atoms. The van der Waals surface area contributed by atoms with Gasteiger partial charge in [-0.25, -0.2) is 0 Å². The summed E-state index contributed by atoms with van der Waals surface area (Å²) in [6, 6.07) is 4.79. The van der Waals surface area contributed by atoms with Gasteiger partial charge in [0.25, 0.3) is 5.69 Å². The van der Waals surface area contributed by atoms with Crippen LogP contribution in [0.1, 0.15) is 37.8 Å². The van der Waals surface area contributed by atoms with Crippen LogP contribution in [0, 0.1) is 10.1 Å². The smallest absolute Gasteiger partial charge is 0.269 e. The normalized spacial score (nSPS) is 13.6. The van der Waals surface area contributed by atoms with Crippen LogP contribution < -0.4 is 0 Å². The van der Waals surface area contributed by atoms with E-state index in [1.165, 1.54) is 6.07 Å². The minimum absolute atomic E-state index is 0.0706. The van der Waals surface area contributed by atoms with Crippen LogP contribution in [0.15, 0.2) is 18.2 Å². The fraction of sp³-hybridized carbons (Fsp3) is 0.533. The van der Waals surface area contributed by atoms with Gasteiger partial charge in [0.1, 0.15) is 0 Å². The molecular weight excluding hydrogens is 272 g/mol. The van der Waals surface area contributed by atoms with Crippen molar-refractivity contribution in [2.75, 3.05) is 6.61 Å². The number of hydrogen-bond acceptors (Lipinski definition) is 4.